The Morgan fingerprint density at radius 3 is 2.67 bits per heavy atom. The van der Waals surface area contributed by atoms with E-state index in [2.05, 4.69) is 31.4 Å². The maximum Gasteiger partial charge on any atom is 0.167 e. The van der Waals surface area contributed by atoms with Gasteiger partial charge in [-0.25, -0.2) is 0 Å². The van der Waals surface area contributed by atoms with Crippen LogP contribution in [-0.2, 0) is 0 Å². The van der Waals surface area contributed by atoms with Gasteiger partial charge in [0.2, 0.25) is 0 Å². The second-order valence-electron chi connectivity index (χ2n) is 2.17. The maximum absolute atomic E-state index is 5.40. The first-order valence-corrected chi connectivity index (χ1v) is 3.88. The molecule has 0 aliphatic heterocycles. The number of hydrogen-bond donors (Lipinski definition) is 1. The Kier molecular flexibility index (Phi) is 5.10. The molecule has 0 bridgehead atoms. The molecule has 0 aromatic rings. The quantitative estimate of drug-likeness (QED) is 0.391. The maximum atomic E-state index is 5.40. The van der Waals surface area contributed by atoms with E-state index in [0.29, 0.717) is 10.4 Å². The number of thiocarbonyl (C=S) groups is 1. The molecule has 9 heavy (non-hydrogen) atoms. The molecule has 1 atom stereocenters. The molecule has 0 spiro atoms. The van der Waals surface area contributed by atoms with E-state index in [4.69, 9.17) is 11.6 Å². The lowest BCUT2D eigenvalue weighted by Gasteiger charge is -2.07. The van der Waals surface area contributed by atoms with Gasteiger partial charge in [-0.15, -0.1) is 0 Å². The first-order valence-electron chi connectivity index (χ1n) is 3.10. The molecule has 1 nitrogen and oxygen atoms in total. The first-order chi connectivity index (χ1) is 4.16. The van der Waals surface area contributed by atoms with Crippen LogP contribution in [0.15, 0.2) is 0 Å². The van der Waals surface area contributed by atoms with Crippen LogP contribution in [0.5, 0.6) is 0 Å². The van der Waals surface area contributed by atoms with Gasteiger partial charge in [0.25, 0.3) is 0 Å². The number of hydrogen-bond acceptors (Lipinski definition) is 1. The van der Waals surface area contributed by atoms with Crippen LogP contribution < -0.4 is 5.32 Å². The van der Waals surface area contributed by atoms with Crippen molar-refractivity contribution in [2.45, 2.75) is 20.3 Å². The molecule has 0 rings (SSSR count). The van der Waals surface area contributed by atoms with E-state index < -0.39 is 0 Å². The van der Waals surface area contributed by atoms with Crippen molar-refractivity contribution in [1.29, 1.82) is 0 Å². The van der Waals surface area contributed by atoms with Crippen LogP contribution >= 0.6 is 23.8 Å². The van der Waals surface area contributed by atoms with Gasteiger partial charge in [0, 0.05) is 6.54 Å². The van der Waals surface area contributed by atoms with Gasteiger partial charge in [-0.3, -0.25) is 0 Å². The van der Waals surface area contributed by atoms with Crippen LogP contribution in [0.25, 0.3) is 0 Å². The van der Waals surface area contributed by atoms with Crippen molar-refractivity contribution >= 4 is 28.3 Å². The topological polar surface area (TPSA) is 12.0 Å². The lowest BCUT2D eigenvalue weighted by atomic mass is 10.1. The molecule has 0 aromatic heterocycles. The molecule has 0 saturated heterocycles. The molecular formula is C6H12ClNS. The molecule has 54 valence electrons. The van der Waals surface area contributed by atoms with Crippen LogP contribution in [0, 0.1) is 5.92 Å². The zero-order valence-electron chi connectivity index (χ0n) is 5.78. The molecule has 0 aliphatic carbocycles. The molecule has 0 amide bonds. The fourth-order valence-corrected chi connectivity index (χ4v) is 0.559. The van der Waals surface area contributed by atoms with Gasteiger partial charge in [-0.2, -0.15) is 0 Å². The SMILES string of the molecule is CCC(C)CNC(=S)Cl. The Labute approximate surface area is 66.8 Å². The molecule has 0 fully saturated rings. The zero-order valence-corrected chi connectivity index (χ0v) is 7.35. The Balaban J connectivity index is 3.16. The highest BCUT2D eigenvalue weighted by molar-refractivity contribution is 7.83. The van der Waals surface area contributed by atoms with E-state index >= 15 is 0 Å². The molecule has 0 heterocycles. The third kappa shape index (κ3) is 6.06. The summed E-state index contributed by atoms with van der Waals surface area (Å²) in [4.78, 5) is 0. The van der Waals surface area contributed by atoms with Crippen molar-refractivity contribution in [3.8, 4) is 0 Å². The molecule has 1 N–H and O–H groups in total. The molecule has 0 saturated carbocycles. The predicted molar refractivity (Wildman–Crippen MR) is 45.9 cm³/mol. The molecule has 0 aromatic carbocycles. The number of halogens is 1. The monoisotopic (exact) mass is 165 g/mol. The summed E-state index contributed by atoms with van der Waals surface area (Å²) in [5.41, 5.74) is 0. The van der Waals surface area contributed by atoms with E-state index in [1.165, 1.54) is 0 Å². The minimum Gasteiger partial charge on any atom is -0.367 e. The highest BCUT2D eigenvalue weighted by Gasteiger charge is 1.96. The summed E-state index contributed by atoms with van der Waals surface area (Å²) < 4.78 is 0.371. The van der Waals surface area contributed by atoms with Gasteiger partial charge < -0.3 is 5.32 Å². The van der Waals surface area contributed by atoms with Gasteiger partial charge in [0.15, 0.2) is 4.45 Å². The molecule has 1 unspecified atom stereocenters. The van der Waals surface area contributed by atoms with Crippen molar-refractivity contribution in [1.82, 2.24) is 5.32 Å². The smallest absolute Gasteiger partial charge is 0.167 e. The third-order valence-electron chi connectivity index (χ3n) is 1.29. The van der Waals surface area contributed by atoms with Crippen LogP contribution in [0.3, 0.4) is 0 Å². The van der Waals surface area contributed by atoms with Crippen LogP contribution in [0.1, 0.15) is 20.3 Å². The molecular weight excluding hydrogens is 154 g/mol. The summed E-state index contributed by atoms with van der Waals surface area (Å²) in [6, 6.07) is 0. The van der Waals surface area contributed by atoms with Crippen LogP contribution in [0.4, 0.5) is 0 Å². The van der Waals surface area contributed by atoms with Crippen LogP contribution in [0.2, 0.25) is 0 Å². The normalized spacial score (nSPS) is 12.8. The summed E-state index contributed by atoms with van der Waals surface area (Å²) in [6.45, 7) is 5.19. The summed E-state index contributed by atoms with van der Waals surface area (Å²) in [7, 11) is 0. The molecule has 0 radical (unpaired) electrons. The average molecular weight is 166 g/mol. The minimum absolute atomic E-state index is 0.371. The fraction of sp³-hybridized carbons (Fsp3) is 0.833. The standard InChI is InChI=1S/C6H12ClNS/c1-3-5(2)4-8-6(7)9/h5H,3-4H2,1-2H3,(H,8,9). The summed E-state index contributed by atoms with van der Waals surface area (Å²) in [5, 5.41) is 2.89. The second-order valence-corrected chi connectivity index (χ2v) is 3.18. The Morgan fingerprint density at radius 2 is 2.33 bits per heavy atom. The largest absolute Gasteiger partial charge is 0.367 e. The van der Waals surface area contributed by atoms with Crippen molar-refractivity contribution in [2.24, 2.45) is 5.92 Å². The van der Waals surface area contributed by atoms with Gasteiger partial charge in [0.05, 0.1) is 0 Å². The minimum atomic E-state index is 0.371. The van der Waals surface area contributed by atoms with Crippen molar-refractivity contribution < 1.29 is 0 Å². The van der Waals surface area contributed by atoms with E-state index in [-0.39, 0.29) is 0 Å². The van der Waals surface area contributed by atoms with Crippen LogP contribution in [-0.4, -0.2) is 11.0 Å². The first kappa shape index (κ1) is 9.18. The molecule has 3 heteroatoms. The van der Waals surface area contributed by atoms with E-state index in [9.17, 15) is 0 Å². The van der Waals surface area contributed by atoms with Crippen molar-refractivity contribution in [2.75, 3.05) is 6.54 Å². The number of nitrogens with one attached hydrogen (secondary N) is 1. The van der Waals surface area contributed by atoms with Gasteiger partial charge in [-0.1, -0.05) is 31.9 Å². The average Bonchev–Trinajstić information content (AvgIpc) is 1.83. The van der Waals surface area contributed by atoms with Gasteiger partial charge in [0.1, 0.15) is 0 Å². The Hall–Kier alpha value is 0.180. The summed E-state index contributed by atoms with van der Waals surface area (Å²) in [6.07, 6.45) is 1.16. The lowest BCUT2D eigenvalue weighted by Crippen LogP contribution is -2.22. The highest BCUT2D eigenvalue weighted by Crippen LogP contribution is 1.97. The second kappa shape index (κ2) is 5.00. The molecule has 0 aliphatic rings. The van der Waals surface area contributed by atoms with E-state index in [1.807, 2.05) is 0 Å². The van der Waals surface area contributed by atoms with Gasteiger partial charge >= 0.3 is 0 Å². The van der Waals surface area contributed by atoms with Crippen molar-refractivity contribution in [3.05, 3.63) is 0 Å². The predicted octanol–water partition coefficient (Wildman–Crippen LogP) is 2.15. The Bertz CT molecular complexity index is 95.1. The van der Waals surface area contributed by atoms with E-state index in [0.717, 1.165) is 13.0 Å². The summed E-state index contributed by atoms with van der Waals surface area (Å²) in [5.74, 6) is 0.654. The van der Waals surface area contributed by atoms with E-state index in [1.54, 1.807) is 0 Å². The Morgan fingerprint density at radius 1 is 1.78 bits per heavy atom. The lowest BCUT2D eigenvalue weighted by molar-refractivity contribution is 0.552. The number of rotatable bonds is 3. The van der Waals surface area contributed by atoms with Gasteiger partial charge in [-0.05, 0) is 18.1 Å². The third-order valence-corrected chi connectivity index (χ3v) is 1.56. The summed E-state index contributed by atoms with van der Waals surface area (Å²) >= 11 is 10.0. The zero-order chi connectivity index (χ0) is 7.28. The van der Waals surface area contributed by atoms with Crippen molar-refractivity contribution in [3.63, 3.8) is 0 Å². The fourth-order valence-electron chi connectivity index (χ4n) is 0.399. The highest BCUT2D eigenvalue weighted by atomic mass is 35.5.